The number of rotatable bonds is 6. The van der Waals surface area contributed by atoms with Gasteiger partial charge in [0.1, 0.15) is 5.75 Å². The van der Waals surface area contributed by atoms with E-state index in [-0.39, 0.29) is 0 Å². The number of nitrogens with zero attached hydrogens (tertiary/aromatic N) is 2. The predicted octanol–water partition coefficient (Wildman–Crippen LogP) is 2.66. The molecule has 108 valence electrons. The van der Waals surface area contributed by atoms with Crippen molar-refractivity contribution in [2.75, 3.05) is 6.61 Å². The van der Waals surface area contributed by atoms with Crippen LogP contribution in [-0.4, -0.2) is 21.5 Å². The van der Waals surface area contributed by atoms with Gasteiger partial charge in [0.25, 0.3) is 0 Å². The number of ether oxygens (including phenoxy) is 1. The minimum atomic E-state index is -0.546. The van der Waals surface area contributed by atoms with E-state index in [1.54, 1.807) is 0 Å². The molecule has 4 nitrogen and oxygen atoms in total. The van der Waals surface area contributed by atoms with Gasteiger partial charge in [-0.15, -0.1) is 0 Å². The molecule has 0 saturated heterocycles. The second-order valence-corrected chi connectivity index (χ2v) is 4.83. The Balaban J connectivity index is 2.12. The molecular weight excluding hydrogens is 252 g/mol. The van der Waals surface area contributed by atoms with Gasteiger partial charge in [0, 0.05) is 19.2 Å². The summed E-state index contributed by atoms with van der Waals surface area (Å²) in [6, 6.07) is 9.68. The number of aliphatic hydroxyl groups excluding tert-OH is 1. The SMILES string of the molecule is CCOc1cccc(C(O)Cc2cc(CC)nn2C)c1. The maximum absolute atomic E-state index is 10.4. The molecular formula is C16H22N2O2. The predicted molar refractivity (Wildman–Crippen MR) is 78.9 cm³/mol. The zero-order chi connectivity index (χ0) is 14.5. The molecule has 0 saturated carbocycles. The van der Waals surface area contributed by atoms with E-state index in [1.165, 1.54) is 0 Å². The maximum atomic E-state index is 10.4. The van der Waals surface area contributed by atoms with E-state index in [4.69, 9.17) is 4.74 Å². The van der Waals surface area contributed by atoms with E-state index in [1.807, 2.05) is 42.9 Å². The third-order valence-electron chi connectivity index (χ3n) is 3.35. The smallest absolute Gasteiger partial charge is 0.119 e. The lowest BCUT2D eigenvalue weighted by atomic mass is 10.0. The first-order chi connectivity index (χ1) is 9.63. The number of aryl methyl sites for hydroxylation is 2. The second-order valence-electron chi connectivity index (χ2n) is 4.83. The summed E-state index contributed by atoms with van der Waals surface area (Å²) in [6.07, 6.45) is 0.915. The van der Waals surface area contributed by atoms with Gasteiger partial charge < -0.3 is 9.84 Å². The van der Waals surface area contributed by atoms with Crippen molar-refractivity contribution in [3.05, 3.63) is 47.3 Å². The summed E-state index contributed by atoms with van der Waals surface area (Å²) in [6.45, 7) is 4.65. The van der Waals surface area contributed by atoms with E-state index in [0.29, 0.717) is 13.0 Å². The van der Waals surface area contributed by atoms with Crippen LogP contribution in [0, 0.1) is 0 Å². The van der Waals surface area contributed by atoms with E-state index in [9.17, 15) is 5.11 Å². The summed E-state index contributed by atoms with van der Waals surface area (Å²) < 4.78 is 7.31. The van der Waals surface area contributed by atoms with Crippen LogP contribution in [0.1, 0.15) is 36.9 Å². The van der Waals surface area contributed by atoms with Crippen molar-refractivity contribution >= 4 is 0 Å². The molecule has 0 fully saturated rings. The summed E-state index contributed by atoms with van der Waals surface area (Å²) in [5.41, 5.74) is 2.96. The van der Waals surface area contributed by atoms with Gasteiger partial charge in [-0.1, -0.05) is 19.1 Å². The van der Waals surface area contributed by atoms with Crippen molar-refractivity contribution in [2.45, 2.75) is 32.8 Å². The molecule has 1 heterocycles. The fourth-order valence-electron chi connectivity index (χ4n) is 2.23. The molecule has 2 rings (SSSR count). The number of hydrogen-bond acceptors (Lipinski definition) is 3. The molecule has 0 amide bonds. The maximum Gasteiger partial charge on any atom is 0.119 e. The molecule has 1 atom stereocenters. The fourth-order valence-corrected chi connectivity index (χ4v) is 2.23. The number of aliphatic hydroxyl groups is 1. The average molecular weight is 274 g/mol. The van der Waals surface area contributed by atoms with Crippen LogP contribution in [0.2, 0.25) is 0 Å². The molecule has 20 heavy (non-hydrogen) atoms. The fraction of sp³-hybridized carbons (Fsp3) is 0.438. The summed E-state index contributed by atoms with van der Waals surface area (Å²) in [7, 11) is 1.91. The van der Waals surface area contributed by atoms with Crippen LogP contribution >= 0.6 is 0 Å². The van der Waals surface area contributed by atoms with Crippen molar-refractivity contribution in [2.24, 2.45) is 7.05 Å². The topological polar surface area (TPSA) is 47.3 Å². The normalized spacial score (nSPS) is 12.4. The molecule has 1 aromatic carbocycles. The van der Waals surface area contributed by atoms with Gasteiger partial charge in [-0.2, -0.15) is 5.10 Å². The number of aromatic nitrogens is 2. The molecule has 0 aliphatic carbocycles. The largest absolute Gasteiger partial charge is 0.494 e. The lowest BCUT2D eigenvalue weighted by Gasteiger charge is -2.12. The Morgan fingerprint density at radius 1 is 1.30 bits per heavy atom. The minimum absolute atomic E-state index is 0.546. The van der Waals surface area contributed by atoms with Crippen LogP contribution in [0.15, 0.2) is 30.3 Å². The van der Waals surface area contributed by atoms with Gasteiger partial charge >= 0.3 is 0 Å². The van der Waals surface area contributed by atoms with Gasteiger partial charge in [-0.25, -0.2) is 0 Å². The summed E-state index contributed by atoms with van der Waals surface area (Å²) >= 11 is 0. The van der Waals surface area contributed by atoms with Crippen molar-refractivity contribution < 1.29 is 9.84 Å². The third-order valence-corrected chi connectivity index (χ3v) is 3.35. The molecule has 0 aliphatic heterocycles. The summed E-state index contributed by atoms with van der Waals surface area (Å²) in [5, 5.41) is 14.8. The molecule has 0 bridgehead atoms. The van der Waals surface area contributed by atoms with Crippen LogP contribution in [0.5, 0.6) is 5.75 Å². The minimum Gasteiger partial charge on any atom is -0.494 e. The molecule has 0 radical (unpaired) electrons. The second kappa shape index (κ2) is 6.57. The average Bonchev–Trinajstić information content (AvgIpc) is 2.80. The van der Waals surface area contributed by atoms with Crippen molar-refractivity contribution in [3.63, 3.8) is 0 Å². The van der Waals surface area contributed by atoms with Crippen molar-refractivity contribution in [1.82, 2.24) is 9.78 Å². The Kier molecular flexibility index (Phi) is 4.79. The summed E-state index contributed by atoms with van der Waals surface area (Å²) in [5.74, 6) is 0.795. The molecule has 1 unspecified atom stereocenters. The lowest BCUT2D eigenvalue weighted by Crippen LogP contribution is -2.06. The zero-order valence-electron chi connectivity index (χ0n) is 12.3. The van der Waals surface area contributed by atoms with E-state index < -0.39 is 6.10 Å². The standard InChI is InChI=1S/C16H22N2O2/c1-4-13-10-14(18(3)17-13)11-16(19)12-7-6-8-15(9-12)20-5-2/h6-10,16,19H,4-5,11H2,1-3H3. The highest BCUT2D eigenvalue weighted by molar-refractivity contribution is 5.30. The molecule has 1 N–H and O–H groups in total. The van der Waals surface area contributed by atoms with Crippen LogP contribution in [0.3, 0.4) is 0 Å². The molecule has 4 heteroatoms. The number of hydrogen-bond donors (Lipinski definition) is 1. The number of benzene rings is 1. The van der Waals surface area contributed by atoms with E-state index in [2.05, 4.69) is 18.1 Å². The van der Waals surface area contributed by atoms with E-state index >= 15 is 0 Å². The monoisotopic (exact) mass is 274 g/mol. The van der Waals surface area contributed by atoms with E-state index in [0.717, 1.165) is 29.1 Å². The highest BCUT2D eigenvalue weighted by atomic mass is 16.5. The van der Waals surface area contributed by atoms with Crippen LogP contribution in [0.25, 0.3) is 0 Å². The van der Waals surface area contributed by atoms with Crippen molar-refractivity contribution in [1.29, 1.82) is 0 Å². The molecule has 1 aromatic heterocycles. The Hall–Kier alpha value is -1.81. The Morgan fingerprint density at radius 2 is 2.10 bits per heavy atom. The molecule has 0 aliphatic rings. The quantitative estimate of drug-likeness (QED) is 0.881. The van der Waals surface area contributed by atoms with Crippen molar-refractivity contribution in [3.8, 4) is 5.75 Å². The lowest BCUT2D eigenvalue weighted by molar-refractivity contribution is 0.175. The Bertz CT molecular complexity index is 563. The highest BCUT2D eigenvalue weighted by Crippen LogP contribution is 2.22. The third kappa shape index (κ3) is 3.39. The first kappa shape index (κ1) is 14.6. The molecule has 0 spiro atoms. The van der Waals surface area contributed by atoms with Gasteiger partial charge in [-0.3, -0.25) is 4.68 Å². The molecule has 2 aromatic rings. The van der Waals surface area contributed by atoms with Gasteiger partial charge in [-0.05, 0) is 37.1 Å². The summed E-state index contributed by atoms with van der Waals surface area (Å²) in [4.78, 5) is 0. The zero-order valence-corrected chi connectivity index (χ0v) is 12.3. The van der Waals surface area contributed by atoms with Gasteiger partial charge in [0.05, 0.1) is 18.4 Å². The highest BCUT2D eigenvalue weighted by Gasteiger charge is 2.13. The van der Waals surface area contributed by atoms with Crippen LogP contribution in [-0.2, 0) is 19.9 Å². The van der Waals surface area contributed by atoms with Gasteiger partial charge in [0.2, 0.25) is 0 Å². The first-order valence-electron chi connectivity index (χ1n) is 7.06. The van der Waals surface area contributed by atoms with Crippen LogP contribution < -0.4 is 4.74 Å². The Morgan fingerprint density at radius 3 is 2.75 bits per heavy atom. The van der Waals surface area contributed by atoms with Crippen LogP contribution in [0.4, 0.5) is 0 Å². The first-order valence-corrected chi connectivity index (χ1v) is 7.06. The van der Waals surface area contributed by atoms with Gasteiger partial charge in [0.15, 0.2) is 0 Å². The Labute approximate surface area is 120 Å².